The number of nitrogens with one attached hydrogen (secondary N) is 1. The Morgan fingerprint density at radius 2 is 2.21 bits per heavy atom. The van der Waals surface area contributed by atoms with Crippen LogP contribution in [-0.2, 0) is 0 Å². The van der Waals surface area contributed by atoms with Gasteiger partial charge in [0.25, 0.3) is 0 Å². The molecule has 1 aliphatic heterocycles. The average molecular weight is 258 g/mol. The summed E-state index contributed by atoms with van der Waals surface area (Å²) < 4.78 is 7.83. The van der Waals surface area contributed by atoms with Crippen molar-refractivity contribution in [2.24, 2.45) is 5.92 Å². The van der Waals surface area contributed by atoms with Crippen molar-refractivity contribution >= 4 is 0 Å². The molecule has 100 valence electrons. The molecule has 1 N–H and O–H groups in total. The first-order chi connectivity index (χ1) is 9.43. The Morgan fingerprint density at radius 3 is 3.00 bits per heavy atom. The molecule has 0 unspecified atom stereocenters. The third-order valence-electron chi connectivity index (χ3n) is 3.45. The molecule has 0 aromatic carbocycles. The zero-order chi connectivity index (χ0) is 12.9. The number of aromatic nitrogens is 3. The Hall–Kier alpha value is -1.88. The summed E-state index contributed by atoms with van der Waals surface area (Å²) >= 11 is 0. The van der Waals surface area contributed by atoms with E-state index in [0.717, 1.165) is 25.4 Å². The van der Waals surface area contributed by atoms with Gasteiger partial charge in [-0.1, -0.05) is 0 Å². The van der Waals surface area contributed by atoms with Crippen molar-refractivity contribution in [3.05, 3.63) is 37.1 Å². The number of pyridine rings is 1. The molecule has 2 aromatic heterocycles. The molecular formula is C14H18N4O. The second-order valence-electron chi connectivity index (χ2n) is 4.80. The zero-order valence-electron chi connectivity index (χ0n) is 10.8. The molecule has 3 heterocycles. The fourth-order valence-electron chi connectivity index (χ4n) is 2.34. The van der Waals surface area contributed by atoms with Crippen molar-refractivity contribution in [2.45, 2.75) is 12.8 Å². The Labute approximate surface area is 112 Å². The molecule has 0 bridgehead atoms. The fourth-order valence-corrected chi connectivity index (χ4v) is 2.34. The molecule has 0 radical (unpaired) electrons. The topological polar surface area (TPSA) is 52.0 Å². The molecule has 5 nitrogen and oxygen atoms in total. The predicted molar refractivity (Wildman–Crippen MR) is 72.4 cm³/mol. The monoisotopic (exact) mass is 258 g/mol. The molecule has 0 atom stereocenters. The lowest BCUT2D eigenvalue weighted by atomic mass is 9.99. The van der Waals surface area contributed by atoms with Crippen molar-refractivity contribution < 1.29 is 4.74 Å². The van der Waals surface area contributed by atoms with E-state index in [1.54, 1.807) is 18.7 Å². The van der Waals surface area contributed by atoms with Crippen LogP contribution in [0.4, 0.5) is 0 Å². The third-order valence-corrected chi connectivity index (χ3v) is 3.45. The molecule has 0 amide bonds. The highest BCUT2D eigenvalue weighted by Gasteiger charge is 2.15. The third kappa shape index (κ3) is 2.93. The Balaban J connectivity index is 1.70. The first kappa shape index (κ1) is 12.2. The summed E-state index contributed by atoms with van der Waals surface area (Å²) in [5.41, 5.74) is 0.939. The SMILES string of the molecule is c1cnc(OCC2CCNCC2)c(-n2ccnc2)c1. The van der Waals surface area contributed by atoms with Gasteiger partial charge in [-0.15, -0.1) is 0 Å². The van der Waals surface area contributed by atoms with Crippen LogP contribution in [0.5, 0.6) is 5.88 Å². The van der Waals surface area contributed by atoms with Crippen LogP contribution in [0.25, 0.3) is 5.69 Å². The zero-order valence-corrected chi connectivity index (χ0v) is 10.8. The summed E-state index contributed by atoms with van der Waals surface area (Å²) in [7, 11) is 0. The van der Waals surface area contributed by atoms with Crippen LogP contribution in [0.2, 0.25) is 0 Å². The number of rotatable bonds is 4. The van der Waals surface area contributed by atoms with Crippen LogP contribution < -0.4 is 10.1 Å². The number of ether oxygens (including phenoxy) is 1. The van der Waals surface area contributed by atoms with Crippen LogP contribution >= 0.6 is 0 Å². The van der Waals surface area contributed by atoms with Crippen LogP contribution in [-0.4, -0.2) is 34.2 Å². The van der Waals surface area contributed by atoms with Gasteiger partial charge in [-0.3, -0.25) is 0 Å². The lowest BCUT2D eigenvalue weighted by Crippen LogP contribution is -2.30. The highest BCUT2D eigenvalue weighted by Crippen LogP contribution is 2.21. The minimum Gasteiger partial charge on any atom is -0.476 e. The summed E-state index contributed by atoms with van der Waals surface area (Å²) in [5.74, 6) is 1.30. The summed E-state index contributed by atoms with van der Waals surface area (Å²) in [5, 5.41) is 3.36. The van der Waals surface area contributed by atoms with Gasteiger partial charge in [0.1, 0.15) is 5.69 Å². The van der Waals surface area contributed by atoms with E-state index in [2.05, 4.69) is 15.3 Å². The standard InChI is InChI=1S/C14H18N4O/c1-2-13(18-9-8-16-11-18)14(17-5-1)19-10-12-3-6-15-7-4-12/h1-2,5,8-9,11-12,15H,3-4,6-7,10H2. The minimum atomic E-state index is 0.624. The number of hydrogen-bond acceptors (Lipinski definition) is 4. The van der Waals surface area contributed by atoms with E-state index in [4.69, 9.17) is 4.74 Å². The lowest BCUT2D eigenvalue weighted by Gasteiger charge is -2.22. The highest BCUT2D eigenvalue weighted by atomic mass is 16.5. The molecule has 1 fully saturated rings. The Bertz CT molecular complexity index is 506. The molecule has 0 saturated carbocycles. The van der Waals surface area contributed by atoms with Gasteiger partial charge in [-0.05, 0) is 44.0 Å². The van der Waals surface area contributed by atoms with E-state index >= 15 is 0 Å². The molecule has 0 spiro atoms. The molecule has 0 aliphatic carbocycles. The second-order valence-corrected chi connectivity index (χ2v) is 4.80. The van der Waals surface area contributed by atoms with Gasteiger partial charge < -0.3 is 14.6 Å². The summed E-state index contributed by atoms with van der Waals surface area (Å²) in [6.45, 7) is 2.91. The second kappa shape index (κ2) is 5.84. The van der Waals surface area contributed by atoms with Crippen LogP contribution in [0, 0.1) is 5.92 Å². The van der Waals surface area contributed by atoms with E-state index in [1.807, 2.05) is 22.9 Å². The van der Waals surface area contributed by atoms with E-state index in [-0.39, 0.29) is 0 Å². The van der Waals surface area contributed by atoms with Gasteiger partial charge in [0, 0.05) is 18.6 Å². The molecule has 1 saturated heterocycles. The van der Waals surface area contributed by atoms with Gasteiger partial charge in [-0.25, -0.2) is 9.97 Å². The highest BCUT2D eigenvalue weighted by molar-refractivity contribution is 5.40. The van der Waals surface area contributed by atoms with Gasteiger partial charge in [-0.2, -0.15) is 0 Å². The quantitative estimate of drug-likeness (QED) is 0.906. The lowest BCUT2D eigenvalue weighted by molar-refractivity contribution is 0.208. The normalized spacial score (nSPS) is 16.4. The number of imidazole rings is 1. The van der Waals surface area contributed by atoms with E-state index in [9.17, 15) is 0 Å². The minimum absolute atomic E-state index is 0.624. The molecule has 19 heavy (non-hydrogen) atoms. The molecule has 5 heteroatoms. The fraction of sp³-hybridized carbons (Fsp3) is 0.429. The predicted octanol–water partition coefficient (Wildman–Crippen LogP) is 1.65. The maximum Gasteiger partial charge on any atom is 0.238 e. The maximum absolute atomic E-state index is 5.91. The summed E-state index contributed by atoms with van der Waals surface area (Å²) in [6, 6.07) is 3.90. The van der Waals surface area contributed by atoms with E-state index in [1.165, 1.54) is 12.8 Å². The largest absolute Gasteiger partial charge is 0.476 e. The number of hydrogen-bond donors (Lipinski definition) is 1. The van der Waals surface area contributed by atoms with Gasteiger partial charge in [0.2, 0.25) is 5.88 Å². The smallest absolute Gasteiger partial charge is 0.238 e. The summed E-state index contributed by atoms with van der Waals surface area (Å²) in [6.07, 6.45) is 9.52. The molecular weight excluding hydrogens is 240 g/mol. The van der Waals surface area contributed by atoms with E-state index in [0.29, 0.717) is 11.8 Å². The van der Waals surface area contributed by atoms with Crippen molar-refractivity contribution in [2.75, 3.05) is 19.7 Å². The maximum atomic E-state index is 5.91. The molecule has 3 rings (SSSR count). The van der Waals surface area contributed by atoms with Crippen molar-refractivity contribution in [1.82, 2.24) is 19.9 Å². The first-order valence-electron chi connectivity index (χ1n) is 6.70. The van der Waals surface area contributed by atoms with Crippen LogP contribution in [0.1, 0.15) is 12.8 Å². The van der Waals surface area contributed by atoms with Crippen molar-refractivity contribution in [3.63, 3.8) is 0 Å². The molecule has 1 aliphatic rings. The van der Waals surface area contributed by atoms with Crippen molar-refractivity contribution in [3.8, 4) is 11.6 Å². The Kier molecular flexibility index (Phi) is 3.74. The Morgan fingerprint density at radius 1 is 1.32 bits per heavy atom. The van der Waals surface area contributed by atoms with Crippen LogP contribution in [0.15, 0.2) is 37.1 Å². The van der Waals surface area contributed by atoms with Gasteiger partial charge >= 0.3 is 0 Å². The summed E-state index contributed by atoms with van der Waals surface area (Å²) in [4.78, 5) is 8.39. The average Bonchev–Trinajstić information content (AvgIpc) is 3.01. The van der Waals surface area contributed by atoms with Gasteiger partial charge in [0.05, 0.1) is 12.9 Å². The number of piperidine rings is 1. The molecule has 2 aromatic rings. The van der Waals surface area contributed by atoms with Crippen molar-refractivity contribution in [1.29, 1.82) is 0 Å². The van der Waals surface area contributed by atoms with Gasteiger partial charge in [0.15, 0.2) is 0 Å². The first-order valence-corrected chi connectivity index (χ1v) is 6.70. The van der Waals surface area contributed by atoms with E-state index < -0.39 is 0 Å². The van der Waals surface area contributed by atoms with Crippen LogP contribution in [0.3, 0.4) is 0 Å². The number of nitrogens with zero attached hydrogens (tertiary/aromatic N) is 3.